The van der Waals surface area contributed by atoms with Gasteiger partial charge in [0, 0.05) is 6.04 Å². The van der Waals surface area contributed by atoms with Crippen molar-refractivity contribution in [3.63, 3.8) is 0 Å². The lowest BCUT2D eigenvalue weighted by Gasteiger charge is -2.38. The molecule has 1 aliphatic carbocycles. The molecule has 0 amide bonds. The number of hydrogen-bond acceptors (Lipinski definition) is 2. The lowest BCUT2D eigenvalue weighted by Crippen LogP contribution is -2.45. The number of hydrogen-bond donors (Lipinski definition) is 1. The Morgan fingerprint density at radius 1 is 1.39 bits per heavy atom. The van der Waals surface area contributed by atoms with Crippen molar-refractivity contribution in [1.82, 2.24) is 9.55 Å². The summed E-state index contributed by atoms with van der Waals surface area (Å²) in [5, 5.41) is 0. The maximum Gasteiger partial charge on any atom is 0.151 e. The molecular formula is C14H18FN3. The van der Waals surface area contributed by atoms with E-state index in [9.17, 15) is 4.39 Å². The second-order valence-corrected chi connectivity index (χ2v) is 5.52. The fourth-order valence-electron chi connectivity index (χ4n) is 2.74. The summed E-state index contributed by atoms with van der Waals surface area (Å²) in [4.78, 5) is 4.49. The van der Waals surface area contributed by atoms with Crippen molar-refractivity contribution in [1.29, 1.82) is 0 Å². The third-order valence-corrected chi connectivity index (χ3v) is 3.88. The van der Waals surface area contributed by atoms with Crippen molar-refractivity contribution in [3.8, 4) is 0 Å². The van der Waals surface area contributed by atoms with Crippen molar-refractivity contribution in [3.05, 3.63) is 29.8 Å². The fourth-order valence-corrected chi connectivity index (χ4v) is 2.74. The van der Waals surface area contributed by atoms with Crippen LogP contribution in [0.4, 0.5) is 4.39 Å². The van der Waals surface area contributed by atoms with Gasteiger partial charge in [-0.25, -0.2) is 9.37 Å². The van der Waals surface area contributed by atoms with E-state index < -0.39 is 0 Å². The zero-order valence-corrected chi connectivity index (χ0v) is 10.8. The predicted molar refractivity (Wildman–Crippen MR) is 69.8 cm³/mol. The molecule has 1 fully saturated rings. The van der Waals surface area contributed by atoms with Crippen LogP contribution in [0.1, 0.15) is 45.0 Å². The minimum absolute atomic E-state index is 0.229. The third-order valence-electron chi connectivity index (χ3n) is 3.88. The van der Waals surface area contributed by atoms with Crippen molar-refractivity contribution in [2.45, 2.75) is 44.7 Å². The summed E-state index contributed by atoms with van der Waals surface area (Å²) in [6, 6.07) is 5.32. The average Bonchev–Trinajstić information content (AvgIpc) is 2.67. The molecule has 0 unspecified atom stereocenters. The lowest BCUT2D eigenvalue weighted by atomic mass is 9.77. The molecule has 1 aromatic carbocycles. The predicted octanol–water partition coefficient (Wildman–Crippen LogP) is 3.09. The molecule has 1 aromatic heterocycles. The summed E-state index contributed by atoms with van der Waals surface area (Å²) in [5.74, 6) is 0.569. The monoisotopic (exact) mass is 247 g/mol. The Labute approximate surface area is 106 Å². The van der Waals surface area contributed by atoms with E-state index in [2.05, 4.69) is 23.4 Å². The van der Waals surface area contributed by atoms with Crippen LogP contribution in [0.25, 0.3) is 11.0 Å². The lowest BCUT2D eigenvalue weighted by molar-refractivity contribution is 0.228. The molecule has 0 atom stereocenters. The summed E-state index contributed by atoms with van der Waals surface area (Å²) in [6.45, 7) is 4.16. The van der Waals surface area contributed by atoms with Crippen molar-refractivity contribution in [2.75, 3.05) is 0 Å². The number of imidazole rings is 1. The van der Waals surface area contributed by atoms with Gasteiger partial charge >= 0.3 is 0 Å². The van der Waals surface area contributed by atoms with Gasteiger partial charge in [0.2, 0.25) is 0 Å². The van der Waals surface area contributed by atoms with Gasteiger partial charge in [-0.05, 0) is 45.2 Å². The van der Waals surface area contributed by atoms with E-state index in [1.807, 2.05) is 6.07 Å². The number of rotatable bonds is 2. The highest BCUT2D eigenvalue weighted by molar-refractivity contribution is 5.77. The summed E-state index contributed by atoms with van der Waals surface area (Å²) >= 11 is 0. The second kappa shape index (κ2) is 3.79. The van der Waals surface area contributed by atoms with E-state index in [-0.39, 0.29) is 17.4 Å². The van der Waals surface area contributed by atoms with E-state index in [1.165, 1.54) is 6.07 Å². The Balaban J connectivity index is 2.30. The summed E-state index contributed by atoms with van der Waals surface area (Å²) in [6.07, 6.45) is 3.00. The van der Waals surface area contributed by atoms with Crippen LogP contribution >= 0.6 is 0 Å². The standard InChI is InChI=1S/C14H18FN3/c1-9(2)18-11-6-3-5-10(15)12(11)17-13(18)14(16)7-4-8-14/h3,5-6,9H,4,7-8,16H2,1-2H3. The van der Waals surface area contributed by atoms with E-state index >= 15 is 0 Å². The molecule has 18 heavy (non-hydrogen) atoms. The molecule has 2 N–H and O–H groups in total. The number of nitrogens with two attached hydrogens (primary N) is 1. The maximum absolute atomic E-state index is 13.8. The molecule has 3 rings (SSSR count). The van der Waals surface area contributed by atoms with E-state index in [0.29, 0.717) is 5.52 Å². The van der Waals surface area contributed by atoms with Gasteiger partial charge in [-0.1, -0.05) is 6.07 Å². The van der Waals surface area contributed by atoms with Gasteiger partial charge in [0.15, 0.2) is 5.82 Å². The van der Waals surface area contributed by atoms with E-state index in [4.69, 9.17) is 5.73 Å². The highest BCUT2D eigenvalue weighted by Crippen LogP contribution is 2.40. The molecule has 96 valence electrons. The van der Waals surface area contributed by atoms with Gasteiger partial charge in [0.05, 0.1) is 11.1 Å². The molecule has 0 spiro atoms. The van der Waals surface area contributed by atoms with Gasteiger partial charge in [-0.2, -0.15) is 0 Å². The first kappa shape index (κ1) is 11.7. The van der Waals surface area contributed by atoms with Crippen LogP contribution in [0.2, 0.25) is 0 Å². The number of halogens is 1. The van der Waals surface area contributed by atoms with Crippen LogP contribution in [0.5, 0.6) is 0 Å². The molecule has 4 heteroatoms. The molecule has 0 radical (unpaired) electrons. The summed E-state index contributed by atoms with van der Waals surface area (Å²) < 4.78 is 15.9. The Morgan fingerprint density at radius 3 is 2.67 bits per heavy atom. The number of para-hydroxylation sites is 1. The van der Waals surface area contributed by atoms with Crippen LogP contribution in [-0.4, -0.2) is 9.55 Å². The fraction of sp³-hybridized carbons (Fsp3) is 0.500. The minimum atomic E-state index is -0.365. The van der Waals surface area contributed by atoms with Crippen LogP contribution in [0.3, 0.4) is 0 Å². The zero-order chi connectivity index (χ0) is 12.9. The van der Waals surface area contributed by atoms with Crippen LogP contribution in [0.15, 0.2) is 18.2 Å². The number of fused-ring (bicyclic) bond motifs is 1. The van der Waals surface area contributed by atoms with Gasteiger partial charge in [-0.15, -0.1) is 0 Å². The number of benzene rings is 1. The van der Waals surface area contributed by atoms with Gasteiger partial charge in [0.25, 0.3) is 0 Å². The van der Waals surface area contributed by atoms with Crippen molar-refractivity contribution in [2.24, 2.45) is 5.73 Å². The Hall–Kier alpha value is -1.42. The molecule has 0 bridgehead atoms. The number of nitrogens with zero attached hydrogens (tertiary/aromatic N) is 2. The maximum atomic E-state index is 13.8. The topological polar surface area (TPSA) is 43.8 Å². The quantitative estimate of drug-likeness (QED) is 0.886. The van der Waals surface area contributed by atoms with E-state index in [0.717, 1.165) is 30.6 Å². The highest BCUT2D eigenvalue weighted by Gasteiger charge is 2.39. The van der Waals surface area contributed by atoms with Crippen molar-refractivity contribution >= 4 is 11.0 Å². The second-order valence-electron chi connectivity index (χ2n) is 5.52. The van der Waals surface area contributed by atoms with Gasteiger partial charge in [0.1, 0.15) is 11.3 Å². The van der Waals surface area contributed by atoms with Crippen LogP contribution in [0, 0.1) is 5.82 Å². The minimum Gasteiger partial charge on any atom is -0.324 e. The Kier molecular flexibility index (Phi) is 2.45. The molecular weight excluding hydrogens is 229 g/mol. The first-order valence-corrected chi connectivity index (χ1v) is 6.49. The zero-order valence-electron chi connectivity index (χ0n) is 10.8. The Bertz CT molecular complexity index is 596. The smallest absolute Gasteiger partial charge is 0.151 e. The molecule has 1 aliphatic rings. The summed E-state index contributed by atoms with van der Waals surface area (Å²) in [7, 11) is 0. The first-order valence-electron chi connectivity index (χ1n) is 6.49. The molecule has 2 aromatic rings. The van der Waals surface area contributed by atoms with Gasteiger partial charge in [-0.3, -0.25) is 0 Å². The van der Waals surface area contributed by atoms with E-state index in [1.54, 1.807) is 6.07 Å². The largest absolute Gasteiger partial charge is 0.324 e. The highest BCUT2D eigenvalue weighted by atomic mass is 19.1. The molecule has 1 heterocycles. The Morgan fingerprint density at radius 2 is 2.11 bits per heavy atom. The number of aromatic nitrogens is 2. The molecule has 3 nitrogen and oxygen atoms in total. The first-order chi connectivity index (χ1) is 8.53. The summed E-state index contributed by atoms with van der Waals surface area (Å²) in [5.41, 5.74) is 7.29. The normalized spacial score (nSPS) is 18.3. The average molecular weight is 247 g/mol. The third kappa shape index (κ3) is 1.48. The van der Waals surface area contributed by atoms with Gasteiger partial charge < -0.3 is 10.3 Å². The van der Waals surface area contributed by atoms with Crippen LogP contribution < -0.4 is 5.73 Å². The molecule has 1 saturated carbocycles. The van der Waals surface area contributed by atoms with Crippen molar-refractivity contribution < 1.29 is 4.39 Å². The molecule has 0 saturated heterocycles. The van der Waals surface area contributed by atoms with Crippen LogP contribution in [-0.2, 0) is 5.54 Å². The SMILES string of the molecule is CC(C)n1c(C2(N)CCC2)nc2c(F)cccc21. The molecule has 0 aliphatic heterocycles.